The summed E-state index contributed by atoms with van der Waals surface area (Å²) in [4.78, 5) is 2.21. The summed E-state index contributed by atoms with van der Waals surface area (Å²) in [5, 5.41) is 0. The van der Waals surface area contributed by atoms with Gasteiger partial charge in [-0.3, -0.25) is 0 Å². The van der Waals surface area contributed by atoms with Crippen molar-refractivity contribution in [2.75, 3.05) is 20.6 Å². The molecule has 0 aliphatic heterocycles. The van der Waals surface area contributed by atoms with Gasteiger partial charge in [0.25, 0.3) is 0 Å². The summed E-state index contributed by atoms with van der Waals surface area (Å²) < 4.78 is 0. The highest BCUT2D eigenvalue weighted by Crippen LogP contribution is 2.48. The van der Waals surface area contributed by atoms with Crippen molar-refractivity contribution in [3.8, 4) is 0 Å². The van der Waals surface area contributed by atoms with Crippen LogP contribution in [0.2, 0.25) is 0 Å². The van der Waals surface area contributed by atoms with Gasteiger partial charge in [-0.05, 0) is 45.3 Å². The lowest BCUT2D eigenvalue weighted by molar-refractivity contribution is 0.354. The van der Waals surface area contributed by atoms with Crippen molar-refractivity contribution in [2.45, 2.75) is 32.2 Å². The first-order valence-electron chi connectivity index (χ1n) is 4.89. The first-order valence-corrected chi connectivity index (χ1v) is 4.89. The Bertz CT molecular complexity index is 154. The van der Waals surface area contributed by atoms with Crippen LogP contribution in [0.3, 0.4) is 0 Å². The molecule has 0 amide bonds. The second kappa shape index (κ2) is 3.35. The molecule has 1 aliphatic carbocycles. The minimum atomic E-state index is 0.179. The first kappa shape index (κ1) is 10.0. The van der Waals surface area contributed by atoms with Crippen molar-refractivity contribution < 1.29 is 0 Å². The molecule has 0 heterocycles. The molecule has 0 aromatic heterocycles. The minimum Gasteiger partial charge on any atom is -0.325 e. The standard InChI is InChI=1S/C10H22N2/c1-8(2)9-7-10(9,11)5-6-12(3)4/h8-9H,5-7,11H2,1-4H3. The number of nitrogens with zero attached hydrogens (tertiary/aromatic N) is 1. The Morgan fingerprint density at radius 2 is 2.08 bits per heavy atom. The van der Waals surface area contributed by atoms with Crippen LogP contribution in [0, 0.1) is 11.8 Å². The van der Waals surface area contributed by atoms with E-state index < -0.39 is 0 Å². The summed E-state index contributed by atoms with van der Waals surface area (Å²) in [6.07, 6.45) is 2.39. The molecule has 1 rings (SSSR count). The van der Waals surface area contributed by atoms with E-state index in [-0.39, 0.29) is 5.54 Å². The summed E-state index contributed by atoms with van der Waals surface area (Å²) in [7, 11) is 4.21. The zero-order valence-corrected chi connectivity index (χ0v) is 8.80. The van der Waals surface area contributed by atoms with Gasteiger partial charge in [-0.1, -0.05) is 13.8 Å². The molecular weight excluding hydrogens is 148 g/mol. The molecular formula is C10H22N2. The van der Waals surface area contributed by atoms with Gasteiger partial charge in [-0.15, -0.1) is 0 Å². The summed E-state index contributed by atoms with van der Waals surface area (Å²) in [6.45, 7) is 5.67. The van der Waals surface area contributed by atoms with Gasteiger partial charge in [0, 0.05) is 5.54 Å². The Hall–Kier alpha value is -0.0800. The van der Waals surface area contributed by atoms with Crippen LogP contribution in [0.4, 0.5) is 0 Å². The van der Waals surface area contributed by atoms with Gasteiger partial charge in [0.2, 0.25) is 0 Å². The lowest BCUT2D eigenvalue weighted by Gasteiger charge is -2.16. The molecule has 72 valence electrons. The molecule has 12 heavy (non-hydrogen) atoms. The van der Waals surface area contributed by atoms with Crippen LogP contribution in [0.1, 0.15) is 26.7 Å². The van der Waals surface area contributed by atoms with Gasteiger partial charge in [0.15, 0.2) is 0 Å². The fourth-order valence-electron chi connectivity index (χ4n) is 1.97. The number of nitrogens with two attached hydrogens (primary N) is 1. The summed E-state index contributed by atoms with van der Waals surface area (Å²) >= 11 is 0. The zero-order valence-electron chi connectivity index (χ0n) is 8.80. The molecule has 2 unspecified atom stereocenters. The fourth-order valence-corrected chi connectivity index (χ4v) is 1.97. The van der Waals surface area contributed by atoms with Gasteiger partial charge in [0.1, 0.15) is 0 Å². The van der Waals surface area contributed by atoms with Gasteiger partial charge in [-0.25, -0.2) is 0 Å². The van der Waals surface area contributed by atoms with E-state index in [1.165, 1.54) is 6.42 Å². The topological polar surface area (TPSA) is 29.3 Å². The molecule has 0 spiro atoms. The van der Waals surface area contributed by atoms with Crippen molar-refractivity contribution in [3.05, 3.63) is 0 Å². The number of hydrogen-bond donors (Lipinski definition) is 1. The van der Waals surface area contributed by atoms with E-state index in [9.17, 15) is 0 Å². The van der Waals surface area contributed by atoms with E-state index in [4.69, 9.17) is 5.73 Å². The fraction of sp³-hybridized carbons (Fsp3) is 1.00. The molecule has 2 N–H and O–H groups in total. The predicted octanol–water partition coefficient (Wildman–Crippen LogP) is 1.31. The molecule has 2 heteroatoms. The minimum absolute atomic E-state index is 0.179. The molecule has 2 nitrogen and oxygen atoms in total. The molecule has 0 saturated heterocycles. The third-order valence-electron chi connectivity index (χ3n) is 3.01. The monoisotopic (exact) mass is 170 g/mol. The van der Waals surface area contributed by atoms with Gasteiger partial charge in [-0.2, -0.15) is 0 Å². The van der Waals surface area contributed by atoms with E-state index in [1.54, 1.807) is 0 Å². The molecule has 1 fully saturated rings. The maximum Gasteiger partial charge on any atom is 0.0201 e. The third kappa shape index (κ3) is 2.20. The maximum absolute atomic E-state index is 6.21. The molecule has 0 bridgehead atoms. The molecule has 2 atom stereocenters. The Morgan fingerprint density at radius 1 is 1.50 bits per heavy atom. The van der Waals surface area contributed by atoms with Crippen molar-refractivity contribution in [1.29, 1.82) is 0 Å². The molecule has 0 radical (unpaired) electrons. The second-order valence-corrected chi connectivity index (χ2v) is 4.84. The smallest absolute Gasteiger partial charge is 0.0201 e. The lowest BCUT2D eigenvalue weighted by Crippen LogP contribution is -2.31. The van der Waals surface area contributed by atoms with Gasteiger partial charge >= 0.3 is 0 Å². The van der Waals surface area contributed by atoms with E-state index in [2.05, 4.69) is 32.8 Å². The lowest BCUT2D eigenvalue weighted by atomic mass is 10.0. The number of hydrogen-bond acceptors (Lipinski definition) is 2. The van der Waals surface area contributed by atoms with Crippen LogP contribution in [0.15, 0.2) is 0 Å². The predicted molar refractivity (Wildman–Crippen MR) is 53.0 cm³/mol. The summed E-state index contributed by atoms with van der Waals surface area (Å²) in [5.41, 5.74) is 6.39. The number of rotatable bonds is 4. The molecule has 1 saturated carbocycles. The highest BCUT2D eigenvalue weighted by molar-refractivity contribution is 5.08. The SMILES string of the molecule is CC(C)C1CC1(N)CCN(C)C. The molecule has 0 aromatic carbocycles. The summed E-state index contributed by atoms with van der Waals surface area (Å²) in [6, 6.07) is 0. The zero-order chi connectivity index (χ0) is 9.35. The van der Waals surface area contributed by atoms with Crippen molar-refractivity contribution in [2.24, 2.45) is 17.6 Å². The van der Waals surface area contributed by atoms with E-state index in [0.717, 1.165) is 24.8 Å². The van der Waals surface area contributed by atoms with Gasteiger partial charge in [0.05, 0.1) is 0 Å². The van der Waals surface area contributed by atoms with Gasteiger partial charge < -0.3 is 10.6 Å². The summed E-state index contributed by atoms with van der Waals surface area (Å²) in [5.74, 6) is 1.54. The van der Waals surface area contributed by atoms with Crippen molar-refractivity contribution in [3.63, 3.8) is 0 Å². The average molecular weight is 170 g/mol. The second-order valence-electron chi connectivity index (χ2n) is 4.84. The quantitative estimate of drug-likeness (QED) is 0.689. The van der Waals surface area contributed by atoms with E-state index in [0.29, 0.717) is 0 Å². The van der Waals surface area contributed by atoms with Crippen molar-refractivity contribution in [1.82, 2.24) is 4.90 Å². The largest absolute Gasteiger partial charge is 0.325 e. The average Bonchev–Trinajstić information content (AvgIpc) is 2.60. The van der Waals surface area contributed by atoms with Crippen LogP contribution in [0.25, 0.3) is 0 Å². The van der Waals surface area contributed by atoms with Crippen LogP contribution in [0.5, 0.6) is 0 Å². The van der Waals surface area contributed by atoms with Crippen LogP contribution >= 0.6 is 0 Å². The Morgan fingerprint density at radius 3 is 2.42 bits per heavy atom. The van der Waals surface area contributed by atoms with Crippen molar-refractivity contribution >= 4 is 0 Å². The van der Waals surface area contributed by atoms with Crippen LogP contribution in [-0.2, 0) is 0 Å². The molecule has 0 aromatic rings. The Labute approximate surface area is 76.1 Å². The first-order chi connectivity index (χ1) is 5.46. The third-order valence-corrected chi connectivity index (χ3v) is 3.01. The van der Waals surface area contributed by atoms with Crippen LogP contribution < -0.4 is 5.73 Å². The Balaban J connectivity index is 2.26. The highest BCUT2D eigenvalue weighted by atomic mass is 15.1. The highest BCUT2D eigenvalue weighted by Gasteiger charge is 2.51. The van der Waals surface area contributed by atoms with E-state index >= 15 is 0 Å². The van der Waals surface area contributed by atoms with Crippen LogP contribution in [-0.4, -0.2) is 31.1 Å². The normalized spacial score (nSPS) is 34.8. The Kier molecular flexibility index (Phi) is 2.79. The molecule has 1 aliphatic rings. The van der Waals surface area contributed by atoms with E-state index in [1.807, 2.05) is 0 Å². The maximum atomic E-state index is 6.21.